The molecule has 0 radical (unpaired) electrons. The van der Waals surface area contributed by atoms with Gasteiger partial charge in [0.25, 0.3) is 5.91 Å². The van der Waals surface area contributed by atoms with E-state index in [4.69, 9.17) is 0 Å². The topological polar surface area (TPSA) is 54.0 Å². The van der Waals surface area contributed by atoms with Crippen molar-refractivity contribution in [2.45, 2.75) is 51.9 Å². The van der Waals surface area contributed by atoms with Crippen molar-refractivity contribution in [1.82, 2.24) is 10.3 Å². The molecule has 1 aliphatic carbocycles. The van der Waals surface area contributed by atoms with Crippen molar-refractivity contribution in [1.29, 1.82) is 0 Å². The number of aromatic nitrogens is 1. The molecule has 1 fully saturated rings. The first-order valence-corrected chi connectivity index (χ1v) is 8.28. The fourth-order valence-corrected chi connectivity index (χ4v) is 2.87. The third-order valence-electron chi connectivity index (χ3n) is 4.10. The lowest BCUT2D eigenvalue weighted by Crippen LogP contribution is -2.27. The number of rotatable bonds is 7. The maximum Gasteiger partial charge on any atom is 0.269 e. The highest BCUT2D eigenvalue weighted by Gasteiger charge is 2.14. The molecular weight excluding hydrogens is 262 g/mol. The van der Waals surface area contributed by atoms with Gasteiger partial charge in [-0.3, -0.25) is 4.79 Å². The van der Waals surface area contributed by atoms with Gasteiger partial charge in [0.15, 0.2) is 0 Å². The van der Waals surface area contributed by atoms with Crippen LogP contribution in [0, 0.1) is 5.92 Å². The molecule has 1 saturated carbocycles. The van der Waals surface area contributed by atoms with Gasteiger partial charge < -0.3 is 10.6 Å². The molecule has 2 N–H and O–H groups in total. The zero-order valence-corrected chi connectivity index (χ0v) is 13.0. The average molecular weight is 289 g/mol. The lowest BCUT2D eigenvalue weighted by Gasteiger charge is -2.21. The van der Waals surface area contributed by atoms with Crippen molar-refractivity contribution in [2.24, 2.45) is 5.92 Å². The first-order valence-electron chi connectivity index (χ1n) is 8.28. The van der Waals surface area contributed by atoms with Crippen LogP contribution in [0.2, 0.25) is 0 Å². The van der Waals surface area contributed by atoms with Crippen LogP contribution in [-0.2, 0) is 0 Å². The molecule has 1 aliphatic rings. The summed E-state index contributed by atoms with van der Waals surface area (Å²) < 4.78 is 0. The standard InChI is InChI=1S/C17H27N3O/c1-2-12-18-16-10-6-9-15(20-16)17(21)19-13-11-14-7-4-3-5-8-14/h6,9-10,14H,2-5,7-8,11-13H2,1H3,(H,18,20)(H,19,21). The zero-order chi connectivity index (χ0) is 14.9. The number of nitrogens with one attached hydrogen (secondary N) is 2. The number of carbonyl (C=O) groups is 1. The second-order valence-corrected chi connectivity index (χ2v) is 5.88. The predicted molar refractivity (Wildman–Crippen MR) is 86.5 cm³/mol. The number of anilines is 1. The molecule has 0 spiro atoms. The van der Waals surface area contributed by atoms with E-state index in [-0.39, 0.29) is 5.91 Å². The molecule has 4 nitrogen and oxygen atoms in total. The van der Waals surface area contributed by atoms with Crippen molar-refractivity contribution in [2.75, 3.05) is 18.4 Å². The molecule has 116 valence electrons. The lowest BCUT2D eigenvalue weighted by atomic mass is 9.87. The average Bonchev–Trinajstić information content (AvgIpc) is 2.54. The number of hydrogen-bond donors (Lipinski definition) is 2. The Bertz CT molecular complexity index is 441. The largest absolute Gasteiger partial charge is 0.370 e. The Morgan fingerprint density at radius 1 is 1.24 bits per heavy atom. The Morgan fingerprint density at radius 3 is 2.81 bits per heavy atom. The molecule has 21 heavy (non-hydrogen) atoms. The molecule has 2 rings (SSSR count). The van der Waals surface area contributed by atoms with Gasteiger partial charge in [0.1, 0.15) is 11.5 Å². The Hall–Kier alpha value is -1.58. The van der Waals surface area contributed by atoms with Crippen molar-refractivity contribution in [3.8, 4) is 0 Å². The first kappa shape index (κ1) is 15.8. The molecule has 0 unspecified atom stereocenters. The van der Waals surface area contributed by atoms with Gasteiger partial charge in [-0.05, 0) is 30.9 Å². The SMILES string of the molecule is CCCNc1cccc(C(=O)NCCC2CCCCC2)n1. The molecule has 1 heterocycles. The fourth-order valence-electron chi connectivity index (χ4n) is 2.87. The van der Waals surface area contributed by atoms with Gasteiger partial charge in [-0.1, -0.05) is 45.1 Å². The Kier molecular flexibility index (Phi) is 6.51. The Balaban J connectivity index is 1.76. The fraction of sp³-hybridized carbons (Fsp3) is 0.647. The van der Waals surface area contributed by atoms with Crippen LogP contribution in [0.5, 0.6) is 0 Å². The van der Waals surface area contributed by atoms with E-state index >= 15 is 0 Å². The van der Waals surface area contributed by atoms with E-state index in [2.05, 4.69) is 22.5 Å². The normalized spacial score (nSPS) is 15.7. The summed E-state index contributed by atoms with van der Waals surface area (Å²) in [6.07, 6.45) is 8.87. The zero-order valence-electron chi connectivity index (χ0n) is 13.0. The maximum atomic E-state index is 12.1. The highest BCUT2D eigenvalue weighted by molar-refractivity contribution is 5.92. The van der Waals surface area contributed by atoms with E-state index in [0.29, 0.717) is 5.69 Å². The van der Waals surface area contributed by atoms with Crippen LogP contribution in [0.3, 0.4) is 0 Å². The van der Waals surface area contributed by atoms with Crippen molar-refractivity contribution >= 4 is 11.7 Å². The molecule has 4 heteroatoms. The Morgan fingerprint density at radius 2 is 2.05 bits per heavy atom. The van der Waals surface area contributed by atoms with Crippen LogP contribution in [0.4, 0.5) is 5.82 Å². The summed E-state index contributed by atoms with van der Waals surface area (Å²) in [5.41, 5.74) is 0.500. The summed E-state index contributed by atoms with van der Waals surface area (Å²) in [7, 11) is 0. The van der Waals surface area contributed by atoms with Crippen LogP contribution in [-0.4, -0.2) is 24.0 Å². The third-order valence-corrected chi connectivity index (χ3v) is 4.10. The van der Waals surface area contributed by atoms with Gasteiger partial charge in [-0.25, -0.2) is 4.98 Å². The van der Waals surface area contributed by atoms with Crippen molar-refractivity contribution in [3.05, 3.63) is 23.9 Å². The lowest BCUT2D eigenvalue weighted by molar-refractivity contribution is 0.0945. The van der Waals surface area contributed by atoms with Crippen LogP contribution < -0.4 is 10.6 Å². The number of nitrogens with zero attached hydrogens (tertiary/aromatic N) is 1. The van der Waals surface area contributed by atoms with Crippen LogP contribution in [0.1, 0.15) is 62.4 Å². The third kappa shape index (κ3) is 5.37. The number of carbonyl (C=O) groups excluding carboxylic acids is 1. The van der Waals surface area contributed by atoms with Gasteiger partial charge in [-0.2, -0.15) is 0 Å². The van der Waals surface area contributed by atoms with Crippen molar-refractivity contribution in [3.63, 3.8) is 0 Å². The Labute approximate surface area is 127 Å². The van der Waals surface area contributed by atoms with Crippen LogP contribution in [0.15, 0.2) is 18.2 Å². The highest BCUT2D eigenvalue weighted by Crippen LogP contribution is 2.25. The van der Waals surface area contributed by atoms with Gasteiger partial charge in [0.05, 0.1) is 0 Å². The van der Waals surface area contributed by atoms with Gasteiger partial charge in [0, 0.05) is 13.1 Å². The first-order chi connectivity index (χ1) is 10.3. The molecule has 0 atom stereocenters. The summed E-state index contributed by atoms with van der Waals surface area (Å²) >= 11 is 0. The van der Waals surface area contributed by atoms with Crippen LogP contribution in [0.25, 0.3) is 0 Å². The summed E-state index contributed by atoms with van der Waals surface area (Å²) in [5.74, 6) is 1.51. The van der Waals surface area contributed by atoms with Gasteiger partial charge in [-0.15, -0.1) is 0 Å². The predicted octanol–water partition coefficient (Wildman–Crippen LogP) is 3.60. The molecule has 0 aliphatic heterocycles. The minimum atomic E-state index is -0.0639. The molecular formula is C17H27N3O. The monoisotopic (exact) mass is 289 g/mol. The summed E-state index contributed by atoms with van der Waals surface area (Å²) in [6.45, 7) is 3.74. The molecule has 1 aromatic heterocycles. The van der Waals surface area contributed by atoms with Gasteiger partial charge in [0.2, 0.25) is 0 Å². The quantitative estimate of drug-likeness (QED) is 0.806. The highest BCUT2D eigenvalue weighted by atomic mass is 16.1. The van der Waals surface area contributed by atoms with E-state index in [9.17, 15) is 4.79 Å². The maximum absolute atomic E-state index is 12.1. The second-order valence-electron chi connectivity index (χ2n) is 5.88. The number of hydrogen-bond acceptors (Lipinski definition) is 3. The van der Waals surface area contributed by atoms with Crippen molar-refractivity contribution < 1.29 is 4.79 Å². The van der Waals surface area contributed by atoms with E-state index < -0.39 is 0 Å². The molecule has 1 aromatic rings. The minimum Gasteiger partial charge on any atom is -0.370 e. The summed E-state index contributed by atoms with van der Waals surface area (Å²) in [4.78, 5) is 16.5. The molecule has 0 saturated heterocycles. The van der Waals surface area contributed by atoms with E-state index in [1.807, 2.05) is 12.1 Å². The molecule has 1 amide bonds. The minimum absolute atomic E-state index is 0.0639. The van der Waals surface area contributed by atoms with E-state index in [0.717, 1.165) is 37.7 Å². The van der Waals surface area contributed by atoms with Gasteiger partial charge >= 0.3 is 0 Å². The number of pyridine rings is 1. The summed E-state index contributed by atoms with van der Waals surface area (Å²) in [6, 6.07) is 5.54. The summed E-state index contributed by atoms with van der Waals surface area (Å²) in [5, 5.41) is 6.21. The smallest absolute Gasteiger partial charge is 0.269 e. The molecule has 0 bridgehead atoms. The molecule has 0 aromatic carbocycles. The van der Waals surface area contributed by atoms with E-state index in [1.165, 1.54) is 32.1 Å². The van der Waals surface area contributed by atoms with Crippen LogP contribution >= 0.6 is 0 Å². The van der Waals surface area contributed by atoms with E-state index in [1.54, 1.807) is 6.07 Å². The second kappa shape index (κ2) is 8.65. The number of amides is 1.